The second kappa shape index (κ2) is 8.55. The van der Waals surface area contributed by atoms with Gasteiger partial charge in [0.05, 0.1) is 11.3 Å². The van der Waals surface area contributed by atoms with E-state index in [2.05, 4.69) is 20.6 Å². The molecule has 0 aliphatic rings. The Kier molecular flexibility index (Phi) is 5.93. The van der Waals surface area contributed by atoms with Crippen LogP contribution in [-0.4, -0.2) is 22.4 Å². The summed E-state index contributed by atoms with van der Waals surface area (Å²) in [7, 11) is 0. The molecule has 0 radical (unpaired) electrons. The SMILES string of the molecule is O=C(Nc1ccc(F)cc1F)c1cnc(NCCc2cccc(Cl)c2)nc1. The predicted molar refractivity (Wildman–Crippen MR) is 100.0 cm³/mol. The molecule has 0 aliphatic heterocycles. The van der Waals surface area contributed by atoms with Crippen molar-refractivity contribution in [2.24, 2.45) is 0 Å². The zero-order valence-corrected chi connectivity index (χ0v) is 14.8. The molecule has 3 aromatic rings. The Hall–Kier alpha value is -3.06. The summed E-state index contributed by atoms with van der Waals surface area (Å²) in [5.74, 6) is -1.81. The molecule has 1 aromatic heterocycles. The average Bonchev–Trinajstić information content (AvgIpc) is 2.64. The first kappa shape index (κ1) is 18.7. The maximum absolute atomic E-state index is 13.6. The highest BCUT2D eigenvalue weighted by atomic mass is 35.5. The average molecular weight is 389 g/mol. The van der Waals surface area contributed by atoms with Crippen molar-refractivity contribution < 1.29 is 13.6 Å². The summed E-state index contributed by atoms with van der Waals surface area (Å²) in [5.41, 5.74) is 1.11. The molecule has 2 aromatic carbocycles. The van der Waals surface area contributed by atoms with Crippen LogP contribution in [0.4, 0.5) is 20.4 Å². The third-order valence-electron chi connectivity index (χ3n) is 3.68. The lowest BCUT2D eigenvalue weighted by molar-refractivity contribution is 0.102. The summed E-state index contributed by atoms with van der Waals surface area (Å²) in [5, 5.41) is 6.07. The van der Waals surface area contributed by atoms with Crippen LogP contribution >= 0.6 is 11.6 Å². The lowest BCUT2D eigenvalue weighted by atomic mass is 10.1. The first-order valence-electron chi connectivity index (χ1n) is 8.08. The molecule has 0 bridgehead atoms. The van der Waals surface area contributed by atoms with E-state index in [1.807, 2.05) is 24.3 Å². The van der Waals surface area contributed by atoms with Gasteiger partial charge in [-0.25, -0.2) is 18.7 Å². The Morgan fingerprint density at radius 3 is 2.56 bits per heavy atom. The van der Waals surface area contributed by atoms with Crippen LogP contribution < -0.4 is 10.6 Å². The number of benzene rings is 2. The third-order valence-corrected chi connectivity index (χ3v) is 3.91. The van der Waals surface area contributed by atoms with E-state index in [4.69, 9.17) is 11.6 Å². The van der Waals surface area contributed by atoms with Crippen molar-refractivity contribution in [2.45, 2.75) is 6.42 Å². The summed E-state index contributed by atoms with van der Waals surface area (Å²) in [4.78, 5) is 20.2. The smallest absolute Gasteiger partial charge is 0.258 e. The quantitative estimate of drug-likeness (QED) is 0.660. The van der Waals surface area contributed by atoms with Gasteiger partial charge in [0.15, 0.2) is 0 Å². The summed E-state index contributed by atoms with van der Waals surface area (Å²) >= 11 is 5.94. The van der Waals surface area contributed by atoms with Crippen molar-refractivity contribution in [3.63, 3.8) is 0 Å². The lowest BCUT2D eigenvalue weighted by Gasteiger charge is -2.08. The monoisotopic (exact) mass is 388 g/mol. The van der Waals surface area contributed by atoms with Crippen LogP contribution in [0.2, 0.25) is 5.02 Å². The van der Waals surface area contributed by atoms with Gasteiger partial charge in [0, 0.05) is 30.0 Å². The Bertz CT molecular complexity index is 951. The van der Waals surface area contributed by atoms with Crippen LogP contribution in [0.5, 0.6) is 0 Å². The van der Waals surface area contributed by atoms with Gasteiger partial charge in [0.1, 0.15) is 11.6 Å². The lowest BCUT2D eigenvalue weighted by Crippen LogP contribution is -2.15. The van der Waals surface area contributed by atoms with E-state index in [0.29, 0.717) is 23.6 Å². The van der Waals surface area contributed by atoms with Crippen LogP contribution in [-0.2, 0) is 6.42 Å². The molecule has 27 heavy (non-hydrogen) atoms. The zero-order valence-electron chi connectivity index (χ0n) is 14.0. The fourth-order valence-electron chi connectivity index (χ4n) is 2.33. The van der Waals surface area contributed by atoms with Gasteiger partial charge >= 0.3 is 0 Å². The van der Waals surface area contributed by atoms with Gasteiger partial charge in [-0.15, -0.1) is 0 Å². The summed E-state index contributed by atoms with van der Waals surface area (Å²) in [6.07, 6.45) is 3.38. The van der Waals surface area contributed by atoms with Gasteiger partial charge in [-0.1, -0.05) is 23.7 Å². The Morgan fingerprint density at radius 1 is 1.07 bits per heavy atom. The van der Waals surface area contributed by atoms with Crippen LogP contribution in [0, 0.1) is 11.6 Å². The molecule has 0 unspecified atom stereocenters. The Balaban J connectivity index is 1.55. The van der Waals surface area contributed by atoms with Crippen molar-refractivity contribution in [3.05, 3.63) is 82.6 Å². The second-order valence-corrected chi connectivity index (χ2v) is 6.12. The van der Waals surface area contributed by atoms with Crippen LogP contribution in [0.15, 0.2) is 54.9 Å². The normalized spacial score (nSPS) is 10.5. The topological polar surface area (TPSA) is 66.9 Å². The van der Waals surface area contributed by atoms with E-state index >= 15 is 0 Å². The molecule has 138 valence electrons. The number of hydrogen-bond acceptors (Lipinski definition) is 4. The molecular weight excluding hydrogens is 374 g/mol. The van der Waals surface area contributed by atoms with Gasteiger partial charge in [-0.05, 0) is 36.2 Å². The van der Waals surface area contributed by atoms with E-state index in [-0.39, 0.29) is 11.3 Å². The molecule has 0 fully saturated rings. The number of anilines is 2. The molecule has 5 nitrogen and oxygen atoms in total. The Morgan fingerprint density at radius 2 is 1.85 bits per heavy atom. The molecule has 3 rings (SSSR count). The van der Waals surface area contributed by atoms with Crippen molar-refractivity contribution in [2.75, 3.05) is 17.2 Å². The van der Waals surface area contributed by atoms with Crippen molar-refractivity contribution in [1.29, 1.82) is 0 Å². The molecule has 2 N–H and O–H groups in total. The number of rotatable bonds is 6. The highest BCUT2D eigenvalue weighted by molar-refractivity contribution is 6.30. The molecule has 0 saturated heterocycles. The van der Waals surface area contributed by atoms with Crippen LogP contribution in [0.25, 0.3) is 0 Å². The Labute approximate surface area is 159 Å². The zero-order chi connectivity index (χ0) is 19.2. The minimum absolute atomic E-state index is 0.120. The molecule has 0 saturated carbocycles. The number of halogens is 3. The second-order valence-electron chi connectivity index (χ2n) is 5.68. The predicted octanol–water partition coefficient (Wildman–Crippen LogP) is 4.32. The molecule has 0 atom stereocenters. The van der Waals surface area contributed by atoms with Crippen LogP contribution in [0.3, 0.4) is 0 Å². The molecule has 0 spiro atoms. The third kappa shape index (κ3) is 5.21. The molecule has 1 amide bonds. The first-order valence-corrected chi connectivity index (χ1v) is 8.46. The molecular formula is C19H15ClF2N4O. The minimum Gasteiger partial charge on any atom is -0.354 e. The number of carbonyl (C=O) groups is 1. The van der Waals surface area contributed by atoms with Gasteiger partial charge in [-0.2, -0.15) is 0 Å². The van der Waals surface area contributed by atoms with E-state index in [0.717, 1.165) is 24.1 Å². The fourth-order valence-corrected chi connectivity index (χ4v) is 2.55. The number of nitrogens with zero attached hydrogens (tertiary/aromatic N) is 2. The maximum atomic E-state index is 13.6. The first-order chi connectivity index (χ1) is 13.0. The van der Waals surface area contributed by atoms with Gasteiger partial charge in [0.25, 0.3) is 5.91 Å². The van der Waals surface area contributed by atoms with Crippen molar-refractivity contribution in [3.8, 4) is 0 Å². The number of aromatic nitrogens is 2. The fraction of sp³-hybridized carbons (Fsp3) is 0.105. The van der Waals surface area contributed by atoms with Gasteiger partial charge in [-0.3, -0.25) is 4.79 Å². The maximum Gasteiger partial charge on any atom is 0.258 e. The van der Waals surface area contributed by atoms with Crippen LogP contribution in [0.1, 0.15) is 15.9 Å². The summed E-state index contributed by atoms with van der Waals surface area (Å²) in [6, 6.07) is 10.4. The largest absolute Gasteiger partial charge is 0.354 e. The molecule has 1 heterocycles. The summed E-state index contributed by atoms with van der Waals surface area (Å²) in [6.45, 7) is 0.590. The number of nitrogens with one attached hydrogen (secondary N) is 2. The highest BCUT2D eigenvalue weighted by Gasteiger charge is 2.11. The standard InChI is InChI=1S/C19H15ClF2N4O/c20-14-3-1-2-12(8-14)6-7-23-19-24-10-13(11-25-19)18(27)26-17-5-4-15(21)9-16(17)22/h1-5,8-11H,6-7H2,(H,26,27)(H,23,24,25). The minimum atomic E-state index is -0.858. The molecule has 0 aliphatic carbocycles. The van der Waals surface area contributed by atoms with Crippen molar-refractivity contribution >= 4 is 29.1 Å². The van der Waals surface area contributed by atoms with Crippen molar-refractivity contribution in [1.82, 2.24) is 9.97 Å². The van der Waals surface area contributed by atoms with E-state index < -0.39 is 17.5 Å². The van der Waals surface area contributed by atoms with E-state index in [9.17, 15) is 13.6 Å². The molecule has 8 heteroatoms. The highest BCUT2D eigenvalue weighted by Crippen LogP contribution is 2.16. The summed E-state index contributed by atoms with van der Waals surface area (Å²) < 4.78 is 26.5. The van der Waals surface area contributed by atoms with E-state index in [1.165, 1.54) is 12.4 Å². The number of carbonyl (C=O) groups excluding carboxylic acids is 1. The number of amides is 1. The van der Waals surface area contributed by atoms with Gasteiger partial charge in [0.2, 0.25) is 5.95 Å². The number of hydrogen-bond donors (Lipinski definition) is 2. The van der Waals surface area contributed by atoms with Gasteiger partial charge < -0.3 is 10.6 Å². The van der Waals surface area contributed by atoms with E-state index in [1.54, 1.807) is 0 Å².